The summed E-state index contributed by atoms with van der Waals surface area (Å²) in [5.74, 6) is -0.419. The third-order valence-electron chi connectivity index (χ3n) is 5.95. The van der Waals surface area contributed by atoms with Crippen molar-refractivity contribution >= 4 is 27.4 Å². The molecule has 1 aliphatic heterocycles. The Labute approximate surface area is 177 Å². The van der Waals surface area contributed by atoms with E-state index in [1.54, 1.807) is 17.6 Å². The lowest BCUT2D eigenvalue weighted by molar-refractivity contribution is 0.0693. The zero-order chi connectivity index (χ0) is 21.2. The van der Waals surface area contributed by atoms with Crippen molar-refractivity contribution in [2.24, 2.45) is 5.41 Å². The fourth-order valence-corrected chi connectivity index (χ4v) is 5.40. The van der Waals surface area contributed by atoms with Crippen molar-refractivity contribution in [3.8, 4) is 22.6 Å². The van der Waals surface area contributed by atoms with Crippen molar-refractivity contribution in [3.05, 3.63) is 69.5 Å². The van der Waals surface area contributed by atoms with Gasteiger partial charge in [-0.1, -0.05) is 20.8 Å². The fourth-order valence-electron chi connectivity index (χ4n) is 4.46. The molecule has 0 amide bonds. The van der Waals surface area contributed by atoms with E-state index in [-0.39, 0.29) is 17.0 Å². The van der Waals surface area contributed by atoms with Crippen LogP contribution in [0.25, 0.3) is 32.7 Å². The first-order chi connectivity index (χ1) is 14.3. The summed E-state index contributed by atoms with van der Waals surface area (Å²) in [7, 11) is 0. The molecule has 4 heterocycles. The topological polar surface area (TPSA) is 72.4 Å². The molecule has 1 atom stereocenters. The fraction of sp³-hybridized carbons (Fsp3) is 0.250. The van der Waals surface area contributed by atoms with Crippen molar-refractivity contribution in [2.45, 2.75) is 33.2 Å². The van der Waals surface area contributed by atoms with Gasteiger partial charge in [-0.05, 0) is 52.4 Å². The van der Waals surface area contributed by atoms with Crippen LogP contribution in [0.3, 0.4) is 0 Å². The van der Waals surface area contributed by atoms with Crippen LogP contribution >= 0.6 is 11.3 Å². The van der Waals surface area contributed by atoms with E-state index >= 15 is 0 Å². The largest absolute Gasteiger partial charge is 0.477 e. The summed E-state index contributed by atoms with van der Waals surface area (Å²) in [6, 6.07) is 9.51. The first-order valence-corrected chi connectivity index (χ1v) is 10.7. The zero-order valence-corrected chi connectivity index (χ0v) is 17.7. The average Bonchev–Trinajstić information content (AvgIpc) is 3.37. The molecule has 1 aromatic carbocycles. The molecule has 30 heavy (non-hydrogen) atoms. The summed E-state index contributed by atoms with van der Waals surface area (Å²) in [4.78, 5) is 24.3. The van der Waals surface area contributed by atoms with Crippen LogP contribution in [0.2, 0.25) is 0 Å². The van der Waals surface area contributed by atoms with E-state index in [1.807, 2.05) is 16.7 Å². The zero-order valence-electron chi connectivity index (χ0n) is 16.9. The first-order valence-electron chi connectivity index (χ1n) is 9.82. The number of carboxylic acid groups (broad SMARTS) is 1. The molecule has 0 spiro atoms. The van der Waals surface area contributed by atoms with Crippen molar-refractivity contribution < 1.29 is 14.3 Å². The van der Waals surface area contributed by atoms with Gasteiger partial charge in [-0.25, -0.2) is 4.79 Å². The first kappa shape index (κ1) is 18.9. The maximum Gasteiger partial charge on any atom is 0.341 e. The van der Waals surface area contributed by atoms with Crippen LogP contribution in [0, 0.1) is 5.41 Å². The molecule has 6 heteroatoms. The average molecular weight is 420 g/mol. The Balaban J connectivity index is 1.88. The summed E-state index contributed by atoms with van der Waals surface area (Å²) < 4.78 is 8.83. The van der Waals surface area contributed by atoms with Gasteiger partial charge in [-0.3, -0.25) is 4.79 Å². The highest BCUT2D eigenvalue weighted by molar-refractivity contribution is 7.17. The van der Waals surface area contributed by atoms with Crippen LogP contribution in [-0.2, 0) is 6.42 Å². The van der Waals surface area contributed by atoms with E-state index in [0.29, 0.717) is 0 Å². The molecule has 5 nitrogen and oxygen atoms in total. The Hall–Kier alpha value is -3.12. The van der Waals surface area contributed by atoms with E-state index in [2.05, 4.69) is 38.3 Å². The summed E-state index contributed by atoms with van der Waals surface area (Å²) in [6.07, 6.45) is 3.93. The maximum atomic E-state index is 12.6. The summed E-state index contributed by atoms with van der Waals surface area (Å²) in [6.45, 7) is 6.44. The van der Waals surface area contributed by atoms with Gasteiger partial charge in [0, 0.05) is 34.1 Å². The van der Waals surface area contributed by atoms with E-state index in [4.69, 9.17) is 4.42 Å². The van der Waals surface area contributed by atoms with Crippen LogP contribution in [0.15, 0.2) is 57.4 Å². The lowest BCUT2D eigenvalue weighted by Gasteiger charge is -2.39. The van der Waals surface area contributed by atoms with Gasteiger partial charge < -0.3 is 14.1 Å². The number of hydrogen-bond acceptors (Lipinski definition) is 4. The third-order valence-corrected chi connectivity index (χ3v) is 6.90. The second-order valence-electron chi connectivity index (χ2n) is 8.83. The van der Waals surface area contributed by atoms with Gasteiger partial charge in [0.25, 0.3) is 0 Å². The van der Waals surface area contributed by atoms with Gasteiger partial charge in [0.05, 0.1) is 12.0 Å². The predicted molar refractivity (Wildman–Crippen MR) is 118 cm³/mol. The predicted octanol–water partition coefficient (Wildman–Crippen LogP) is 5.83. The molecule has 3 aromatic heterocycles. The number of carbonyl (C=O) groups is 1. The Bertz CT molecular complexity index is 1350. The van der Waals surface area contributed by atoms with E-state index in [9.17, 15) is 14.7 Å². The second-order valence-corrected chi connectivity index (χ2v) is 9.74. The Morgan fingerprint density at radius 2 is 2.03 bits per heavy atom. The number of aromatic nitrogens is 1. The summed E-state index contributed by atoms with van der Waals surface area (Å²) >= 11 is 1.68. The maximum absolute atomic E-state index is 12.6. The lowest BCUT2D eigenvalue weighted by atomic mass is 9.77. The van der Waals surface area contributed by atoms with Crippen LogP contribution in [0.1, 0.15) is 42.7 Å². The molecule has 152 valence electrons. The number of aromatic carboxylic acids is 1. The minimum absolute atomic E-state index is 0.0243. The molecule has 4 aromatic rings. The van der Waals surface area contributed by atoms with Crippen LogP contribution in [0.5, 0.6) is 0 Å². The van der Waals surface area contributed by atoms with Gasteiger partial charge in [-0.15, -0.1) is 11.3 Å². The SMILES string of the molecule is CC(C)(C)[C@@H]1Cc2c(cc(-c3ccco3)c3sccc23)-c2cc(=O)c(C(=O)O)cn21. The number of thiophene rings is 1. The number of furan rings is 1. The van der Waals surface area contributed by atoms with Gasteiger partial charge in [0.15, 0.2) is 5.43 Å². The Morgan fingerprint density at radius 3 is 2.70 bits per heavy atom. The minimum atomic E-state index is -1.20. The minimum Gasteiger partial charge on any atom is -0.477 e. The molecule has 1 N–H and O–H groups in total. The number of carboxylic acids is 1. The quantitative estimate of drug-likeness (QED) is 0.444. The molecule has 0 saturated carbocycles. The van der Waals surface area contributed by atoms with E-state index in [1.165, 1.54) is 23.2 Å². The van der Waals surface area contributed by atoms with Crippen molar-refractivity contribution in [1.82, 2.24) is 4.57 Å². The summed E-state index contributed by atoms with van der Waals surface area (Å²) in [5.41, 5.74) is 3.11. The van der Waals surface area contributed by atoms with Crippen LogP contribution in [-0.4, -0.2) is 15.6 Å². The van der Waals surface area contributed by atoms with Gasteiger partial charge in [0.1, 0.15) is 11.3 Å². The van der Waals surface area contributed by atoms with Gasteiger partial charge >= 0.3 is 5.97 Å². The molecule has 5 rings (SSSR count). The molecule has 0 saturated heterocycles. The molecular formula is C24H21NO4S. The van der Waals surface area contributed by atoms with Gasteiger partial charge in [0.2, 0.25) is 0 Å². The molecule has 0 unspecified atom stereocenters. The normalized spacial score (nSPS) is 15.8. The highest BCUT2D eigenvalue weighted by atomic mass is 32.1. The highest BCUT2D eigenvalue weighted by Crippen LogP contribution is 2.47. The Kier molecular flexibility index (Phi) is 4.05. The number of hydrogen-bond donors (Lipinski definition) is 1. The Morgan fingerprint density at radius 1 is 1.23 bits per heavy atom. The monoisotopic (exact) mass is 419 g/mol. The molecule has 0 bridgehead atoms. The van der Waals surface area contributed by atoms with E-state index < -0.39 is 11.4 Å². The van der Waals surface area contributed by atoms with E-state index in [0.717, 1.165) is 33.7 Å². The smallest absolute Gasteiger partial charge is 0.341 e. The molecule has 0 radical (unpaired) electrons. The van der Waals surface area contributed by atoms with Crippen molar-refractivity contribution in [3.63, 3.8) is 0 Å². The van der Waals surface area contributed by atoms with Crippen molar-refractivity contribution in [2.75, 3.05) is 0 Å². The molecule has 0 fully saturated rings. The number of benzene rings is 1. The number of fused-ring (bicyclic) bond motifs is 5. The third kappa shape index (κ3) is 2.75. The number of nitrogens with zero attached hydrogens (tertiary/aromatic N) is 1. The number of rotatable bonds is 2. The van der Waals surface area contributed by atoms with Crippen LogP contribution in [0.4, 0.5) is 0 Å². The highest BCUT2D eigenvalue weighted by Gasteiger charge is 2.35. The molecule has 1 aliphatic rings. The number of pyridine rings is 1. The van der Waals surface area contributed by atoms with Crippen molar-refractivity contribution in [1.29, 1.82) is 0 Å². The molecule has 0 aliphatic carbocycles. The van der Waals surface area contributed by atoms with Crippen LogP contribution < -0.4 is 5.43 Å². The standard InChI is InChI=1S/C24H21NO4S/c1-24(2,3)21-10-14-13-6-8-30-22(13)16(20-5-4-7-29-20)9-15(14)18-11-19(26)17(23(27)28)12-25(18)21/h4-9,11-12,21H,10H2,1-3H3,(H,27,28)/t21-/m0/s1. The molecular weight excluding hydrogens is 398 g/mol. The lowest BCUT2D eigenvalue weighted by Crippen LogP contribution is -2.32. The second kappa shape index (κ2) is 6.44. The summed E-state index contributed by atoms with van der Waals surface area (Å²) in [5, 5.41) is 12.8. The van der Waals surface area contributed by atoms with Gasteiger partial charge in [-0.2, -0.15) is 0 Å².